The highest BCUT2D eigenvalue weighted by Gasteiger charge is 2.21. The van der Waals surface area contributed by atoms with Crippen LogP contribution in [0.3, 0.4) is 0 Å². The van der Waals surface area contributed by atoms with Crippen molar-refractivity contribution in [2.75, 3.05) is 12.3 Å². The Hall–Kier alpha value is -1.00. The van der Waals surface area contributed by atoms with Crippen molar-refractivity contribution < 1.29 is 9.13 Å². The molecule has 1 aromatic carbocycles. The van der Waals surface area contributed by atoms with E-state index < -0.39 is 5.82 Å². The third-order valence-corrected chi connectivity index (χ3v) is 2.25. The van der Waals surface area contributed by atoms with Crippen LogP contribution in [0.1, 0.15) is 18.0 Å². The number of halogens is 2. The van der Waals surface area contributed by atoms with E-state index in [1.54, 1.807) is 6.07 Å². The number of nitrogens with two attached hydrogens (primary N) is 2. The van der Waals surface area contributed by atoms with Crippen molar-refractivity contribution in [3.05, 3.63) is 23.5 Å². The smallest absolute Gasteiger partial charge is 0.149 e. The van der Waals surface area contributed by atoms with Crippen molar-refractivity contribution >= 4 is 18.1 Å². The first-order chi connectivity index (χ1) is 6.20. The van der Waals surface area contributed by atoms with Crippen LogP contribution in [0.5, 0.6) is 5.75 Å². The highest BCUT2D eigenvalue weighted by molar-refractivity contribution is 5.85. The fraction of sp³-hybridized carbons (Fsp3) is 0.333. The second-order valence-corrected chi connectivity index (χ2v) is 3.12. The van der Waals surface area contributed by atoms with E-state index in [0.29, 0.717) is 12.4 Å². The molecule has 0 spiro atoms. The number of hydrogen-bond acceptors (Lipinski definition) is 3. The zero-order valence-corrected chi connectivity index (χ0v) is 8.31. The SMILES string of the molecule is Cl.Nc1c(F)ccc2c1OCC[C@@H]2N. The predicted molar refractivity (Wildman–Crippen MR) is 55.1 cm³/mol. The fourth-order valence-electron chi connectivity index (χ4n) is 1.49. The number of rotatable bonds is 0. The largest absolute Gasteiger partial charge is 0.491 e. The molecule has 1 heterocycles. The van der Waals surface area contributed by atoms with Crippen molar-refractivity contribution in [3.63, 3.8) is 0 Å². The van der Waals surface area contributed by atoms with Gasteiger partial charge in [-0.2, -0.15) is 0 Å². The molecule has 1 aliphatic heterocycles. The minimum absolute atomic E-state index is 0. The zero-order valence-electron chi connectivity index (χ0n) is 7.50. The summed E-state index contributed by atoms with van der Waals surface area (Å²) in [6, 6.07) is 2.86. The third kappa shape index (κ3) is 1.63. The van der Waals surface area contributed by atoms with Crippen LogP contribution in [-0.4, -0.2) is 6.61 Å². The molecule has 0 unspecified atom stereocenters. The summed E-state index contributed by atoms with van der Waals surface area (Å²) in [5.74, 6) is -0.0356. The molecule has 78 valence electrons. The molecule has 14 heavy (non-hydrogen) atoms. The predicted octanol–water partition coefficient (Wildman–Crippen LogP) is 1.61. The number of benzene rings is 1. The van der Waals surface area contributed by atoms with E-state index >= 15 is 0 Å². The van der Waals surface area contributed by atoms with Crippen molar-refractivity contribution in [1.29, 1.82) is 0 Å². The summed E-state index contributed by atoms with van der Waals surface area (Å²) in [4.78, 5) is 0. The number of nitrogen functional groups attached to an aromatic ring is 1. The summed E-state index contributed by atoms with van der Waals surface area (Å²) in [5.41, 5.74) is 12.2. The van der Waals surface area contributed by atoms with E-state index in [0.717, 1.165) is 12.0 Å². The molecule has 1 aromatic rings. The number of anilines is 1. The van der Waals surface area contributed by atoms with Gasteiger partial charge in [-0.25, -0.2) is 4.39 Å². The van der Waals surface area contributed by atoms with Gasteiger partial charge in [0.25, 0.3) is 0 Å². The molecule has 0 radical (unpaired) electrons. The molecule has 1 atom stereocenters. The van der Waals surface area contributed by atoms with Gasteiger partial charge in [0.2, 0.25) is 0 Å². The Balaban J connectivity index is 0.000000980. The van der Waals surface area contributed by atoms with Crippen molar-refractivity contribution in [1.82, 2.24) is 0 Å². The normalized spacial score (nSPS) is 19.1. The van der Waals surface area contributed by atoms with Crippen LogP contribution >= 0.6 is 12.4 Å². The number of hydrogen-bond donors (Lipinski definition) is 2. The van der Waals surface area contributed by atoms with E-state index in [1.165, 1.54) is 6.07 Å². The lowest BCUT2D eigenvalue weighted by molar-refractivity contribution is 0.269. The van der Waals surface area contributed by atoms with Gasteiger partial charge in [0.1, 0.15) is 17.3 Å². The number of ether oxygens (including phenoxy) is 1. The van der Waals surface area contributed by atoms with Gasteiger partial charge >= 0.3 is 0 Å². The van der Waals surface area contributed by atoms with Crippen molar-refractivity contribution in [2.24, 2.45) is 5.73 Å². The summed E-state index contributed by atoms with van der Waals surface area (Å²) < 4.78 is 18.2. The van der Waals surface area contributed by atoms with Gasteiger partial charge in [0.05, 0.1) is 6.61 Å². The van der Waals surface area contributed by atoms with Crippen LogP contribution in [0.25, 0.3) is 0 Å². The van der Waals surface area contributed by atoms with E-state index in [4.69, 9.17) is 16.2 Å². The standard InChI is InChI=1S/C9H11FN2O.ClH/c10-6-2-1-5-7(11)3-4-13-9(5)8(6)12;/h1-2,7H,3-4,11-12H2;1H/t7-;/m0./s1. The highest BCUT2D eigenvalue weighted by atomic mass is 35.5. The second-order valence-electron chi connectivity index (χ2n) is 3.12. The van der Waals surface area contributed by atoms with Crippen LogP contribution in [-0.2, 0) is 0 Å². The van der Waals surface area contributed by atoms with Crippen LogP contribution in [0.15, 0.2) is 12.1 Å². The first-order valence-electron chi connectivity index (χ1n) is 4.16. The van der Waals surface area contributed by atoms with Gasteiger partial charge in [-0.15, -0.1) is 12.4 Å². The quantitative estimate of drug-likeness (QED) is 0.651. The molecule has 0 saturated heterocycles. The van der Waals surface area contributed by atoms with E-state index in [9.17, 15) is 4.39 Å². The molecule has 0 bridgehead atoms. The van der Waals surface area contributed by atoms with Crippen LogP contribution in [0.2, 0.25) is 0 Å². The molecule has 2 rings (SSSR count). The number of fused-ring (bicyclic) bond motifs is 1. The molecule has 0 fully saturated rings. The summed E-state index contributed by atoms with van der Waals surface area (Å²) in [6.45, 7) is 0.502. The molecule has 0 amide bonds. The molecule has 3 nitrogen and oxygen atoms in total. The lowest BCUT2D eigenvalue weighted by Crippen LogP contribution is -2.21. The minimum Gasteiger partial charge on any atom is -0.491 e. The monoisotopic (exact) mass is 218 g/mol. The average molecular weight is 219 g/mol. The maximum Gasteiger partial charge on any atom is 0.149 e. The topological polar surface area (TPSA) is 61.3 Å². The minimum atomic E-state index is -0.451. The first kappa shape index (κ1) is 11.1. The molecule has 1 aliphatic rings. The summed E-state index contributed by atoms with van der Waals surface area (Å²) >= 11 is 0. The Morgan fingerprint density at radius 2 is 2.14 bits per heavy atom. The highest BCUT2D eigenvalue weighted by Crippen LogP contribution is 2.36. The molecular formula is C9H12ClFN2O. The molecule has 5 heteroatoms. The summed E-state index contributed by atoms with van der Waals surface area (Å²) in [5, 5.41) is 0. The maximum atomic E-state index is 13.0. The molecule has 0 aliphatic carbocycles. The van der Waals surface area contributed by atoms with Gasteiger partial charge in [-0.3, -0.25) is 0 Å². The Bertz CT molecular complexity index is 346. The van der Waals surface area contributed by atoms with Crippen LogP contribution in [0, 0.1) is 5.82 Å². The summed E-state index contributed by atoms with van der Waals surface area (Å²) in [7, 11) is 0. The zero-order chi connectivity index (χ0) is 9.42. The second kappa shape index (κ2) is 4.02. The lowest BCUT2D eigenvalue weighted by atomic mass is 10.0. The van der Waals surface area contributed by atoms with E-state index in [2.05, 4.69) is 0 Å². The maximum absolute atomic E-state index is 13.0. The van der Waals surface area contributed by atoms with Gasteiger partial charge in [0.15, 0.2) is 0 Å². The van der Waals surface area contributed by atoms with Crippen LogP contribution in [0.4, 0.5) is 10.1 Å². The van der Waals surface area contributed by atoms with E-state index in [1.807, 2.05) is 0 Å². The molecule has 0 saturated carbocycles. The van der Waals surface area contributed by atoms with Gasteiger partial charge in [0, 0.05) is 18.0 Å². The Kier molecular flexibility index (Phi) is 3.18. The fourth-order valence-corrected chi connectivity index (χ4v) is 1.49. The molecule has 0 aromatic heterocycles. The van der Waals surface area contributed by atoms with Crippen molar-refractivity contribution in [2.45, 2.75) is 12.5 Å². The Morgan fingerprint density at radius 1 is 1.43 bits per heavy atom. The average Bonchev–Trinajstić information content (AvgIpc) is 2.12. The molecular weight excluding hydrogens is 207 g/mol. The Labute approximate surface area is 87.6 Å². The lowest BCUT2D eigenvalue weighted by Gasteiger charge is -2.24. The van der Waals surface area contributed by atoms with Gasteiger partial charge in [-0.1, -0.05) is 6.07 Å². The van der Waals surface area contributed by atoms with Gasteiger partial charge < -0.3 is 16.2 Å². The van der Waals surface area contributed by atoms with Gasteiger partial charge in [-0.05, 0) is 6.07 Å². The molecule has 4 N–H and O–H groups in total. The van der Waals surface area contributed by atoms with E-state index in [-0.39, 0.29) is 24.1 Å². The first-order valence-corrected chi connectivity index (χ1v) is 4.16. The summed E-state index contributed by atoms with van der Waals surface area (Å²) in [6.07, 6.45) is 0.748. The third-order valence-electron chi connectivity index (χ3n) is 2.25. The van der Waals surface area contributed by atoms with Crippen LogP contribution < -0.4 is 16.2 Å². The van der Waals surface area contributed by atoms with Crippen molar-refractivity contribution in [3.8, 4) is 5.75 Å². The Morgan fingerprint density at radius 3 is 2.86 bits per heavy atom.